The van der Waals surface area contributed by atoms with Gasteiger partial charge in [0.1, 0.15) is 5.75 Å². The van der Waals surface area contributed by atoms with E-state index in [9.17, 15) is 21.6 Å². The Balaban J connectivity index is 1.39. The molecule has 2 aromatic rings. The Hall–Kier alpha value is -2.51. The largest absolute Gasteiger partial charge is 0.497 e. The number of rotatable bonds is 7. The van der Waals surface area contributed by atoms with Crippen LogP contribution in [0.2, 0.25) is 0 Å². The molecule has 0 aliphatic carbocycles. The topological polar surface area (TPSA) is 116 Å². The summed E-state index contributed by atoms with van der Waals surface area (Å²) in [6.07, 6.45) is 1.13. The minimum absolute atomic E-state index is 0.0794. The van der Waals surface area contributed by atoms with Crippen LogP contribution in [0.1, 0.15) is 12.8 Å². The lowest BCUT2D eigenvalue weighted by atomic mass is 9.99. The second-order valence-electron chi connectivity index (χ2n) is 9.10. The molecule has 4 rings (SSSR count). The third kappa shape index (κ3) is 5.73. The minimum Gasteiger partial charge on any atom is -0.497 e. The predicted molar refractivity (Wildman–Crippen MR) is 136 cm³/mol. The third-order valence-electron chi connectivity index (χ3n) is 6.67. The molecular formula is C24H32N4O6S2. The van der Waals surface area contributed by atoms with Gasteiger partial charge in [0.2, 0.25) is 26.0 Å². The van der Waals surface area contributed by atoms with Gasteiger partial charge < -0.3 is 15.0 Å². The number of nitrogens with zero attached hydrogens (tertiary/aromatic N) is 3. The Morgan fingerprint density at radius 1 is 0.833 bits per heavy atom. The number of ether oxygens (including phenoxy) is 1. The molecule has 0 unspecified atom stereocenters. The van der Waals surface area contributed by atoms with Crippen molar-refractivity contribution in [3.8, 4) is 5.75 Å². The number of amides is 1. The van der Waals surface area contributed by atoms with Crippen molar-refractivity contribution in [2.75, 3.05) is 58.7 Å². The lowest BCUT2D eigenvalue weighted by Gasteiger charge is -2.31. The predicted octanol–water partition coefficient (Wildman–Crippen LogP) is 1.67. The van der Waals surface area contributed by atoms with Crippen molar-refractivity contribution < 1.29 is 26.4 Å². The van der Waals surface area contributed by atoms with Gasteiger partial charge in [-0.15, -0.1) is 0 Å². The normalized spacial score (nSPS) is 20.7. The molecule has 1 atom stereocenters. The lowest BCUT2D eigenvalue weighted by molar-refractivity contribution is -0.120. The van der Waals surface area contributed by atoms with E-state index in [1.54, 1.807) is 24.3 Å². The zero-order valence-corrected chi connectivity index (χ0v) is 22.1. The second-order valence-corrected chi connectivity index (χ2v) is 13.0. The summed E-state index contributed by atoms with van der Waals surface area (Å²) in [4.78, 5) is 15.4. The van der Waals surface area contributed by atoms with Crippen LogP contribution in [0, 0.1) is 5.92 Å². The van der Waals surface area contributed by atoms with Crippen molar-refractivity contribution in [3.05, 3.63) is 48.5 Å². The fraction of sp³-hybridized carbons (Fsp3) is 0.458. The first-order valence-corrected chi connectivity index (χ1v) is 14.7. The second kappa shape index (κ2) is 10.9. The zero-order valence-electron chi connectivity index (χ0n) is 20.5. The Bertz CT molecular complexity index is 1270. The van der Waals surface area contributed by atoms with Crippen molar-refractivity contribution in [2.45, 2.75) is 22.6 Å². The number of nitrogens with one attached hydrogen (secondary N) is 1. The average molecular weight is 537 g/mol. The molecule has 2 aliphatic heterocycles. The van der Waals surface area contributed by atoms with E-state index in [0.29, 0.717) is 57.0 Å². The Morgan fingerprint density at radius 2 is 1.39 bits per heavy atom. The van der Waals surface area contributed by atoms with Gasteiger partial charge in [-0.05, 0) is 68.4 Å². The highest BCUT2D eigenvalue weighted by atomic mass is 32.2. The van der Waals surface area contributed by atoms with Gasteiger partial charge >= 0.3 is 0 Å². The molecule has 2 heterocycles. The number of methoxy groups -OCH3 is 1. The maximum Gasteiger partial charge on any atom is 0.243 e. The maximum atomic E-state index is 13.1. The highest BCUT2D eigenvalue weighted by Crippen LogP contribution is 2.26. The Labute approximate surface area is 212 Å². The molecule has 0 bridgehead atoms. The van der Waals surface area contributed by atoms with Crippen LogP contribution in [0.5, 0.6) is 5.75 Å². The van der Waals surface area contributed by atoms with Crippen molar-refractivity contribution >= 4 is 31.6 Å². The van der Waals surface area contributed by atoms with Gasteiger partial charge in [-0.1, -0.05) is 0 Å². The summed E-state index contributed by atoms with van der Waals surface area (Å²) in [6, 6.07) is 12.3. The maximum absolute atomic E-state index is 13.1. The number of carbonyl (C=O) groups is 1. The van der Waals surface area contributed by atoms with Crippen molar-refractivity contribution in [3.63, 3.8) is 0 Å². The summed E-state index contributed by atoms with van der Waals surface area (Å²) in [6.45, 7) is 2.66. The van der Waals surface area contributed by atoms with Crippen LogP contribution < -0.4 is 10.1 Å². The SMILES string of the molecule is COc1ccc(S(=O)(=O)N2CCC[C@H](C(=O)Nc3ccc(S(=O)(=O)N4CCN(C)CC4)cc3)C2)cc1. The van der Waals surface area contributed by atoms with Gasteiger partial charge in [-0.3, -0.25) is 4.79 Å². The van der Waals surface area contributed by atoms with Crippen LogP contribution in [0.4, 0.5) is 5.69 Å². The molecule has 12 heteroatoms. The molecule has 36 heavy (non-hydrogen) atoms. The van der Waals surface area contributed by atoms with Gasteiger partial charge in [-0.2, -0.15) is 8.61 Å². The van der Waals surface area contributed by atoms with E-state index in [1.807, 2.05) is 7.05 Å². The van der Waals surface area contributed by atoms with Crippen molar-refractivity contribution in [2.24, 2.45) is 5.92 Å². The molecule has 0 radical (unpaired) electrons. The quantitative estimate of drug-likeness (QED) is 0.572. The van der Waals surface area contributed by atoms with Crippen molar-refractivity contribution in [1.29, 1.82) is 0 Å². The average Bonchev–Trinajstić information content (AvgIpc) is 2.89. The van der Waals surface area contributed by atoms with E-state index < -0.39 is 26.0 Å². The number of sulfonamides is 2. The zero-order chi connectivity index (χ0) is 25.9. The standard InChI is InChI=1S/C24H32N4O6S2/c1-26-14-16-27(17-15-26)35(30,31)22-9-5-20(6-10-22)25-24(29)19-4-3-13-28(18-19)36(32,33)23-11-7-21(34-2)8-12-23/h5-12,19H,3-4,13-18H2,1-2H3,(H,25,29)/t19-/m0/s1. The molecule has 196 valence electrons. The lowest BCUT2D eigenvalue weighted by Crippen LogP contribution is -2.47. The van der Waals surface area contributed by atoms with Crippen LogP contribution >= 0.6 is 0 Å². The number of piperidine rings is 1. The molecule has 1 N–H and O–H groups in total. The monoisotopic (exact) mass is 536 g/mol. The van der Waals surface area contributed by atoms with E-state index in [0.717, 1.165) is 0 Å². The van der Waals surface area contributed by atoms with E-state index >= 15 is 0 Å². The molecular weight excluding hydrogens is 504 g/mol. The molecule has 2 saturated heterocycles. The fourth-order valence-corrected chi connectivity index (χ4v) is 7.35. The van der Waals surface area contributed by atoms with Gasteiger partial charge in [0.15, 0.2) is 0 Å². The van der Waals surface area contributed by atoms with Gasteiger partial charge in [-0.25, -0.2) is 16.8 Å². The van der Waals surface area contributed by atoms with Gasteiger partial charge in [0.25, 0.3) is 0 Å². The van der Waals surface area contributed by atoms with E-state index in [1.165, 1.54) is 40.0 Å². The van der Waals surface area contributed by atoms with E-state index in [2.05, 4.69) is 10.2 Å². The first-order valence-electron chi connectivity index (χ1n) is 11.8. The van der Waals surface area contributed by atoms with Crippen LogP contribution in [-0.2, 0) is 24.8 Å². The number of likely N-dealkylation sites (N-methyl/N-ethyl adjacent to an activating group) is 1. The van der Waals surface area contributed by atoms with Crippen LogP contribution in [0.15, 0.2) is 58.3 Å². The Morgan fingerprint density at radius 3 is 1.97 bits per heavy atom. The molecule has 1 amide bonds. The first kappa shape index (κ1) is 26.6. The number of piperazine rings is 1. The number of hydrogen-bond acceptors (Lipinski definition) is 7. The number of carbonyl (C=O) groups excluding carboxylic acids is 1. The van der Waals surface area contributed by atoms with Crippen LogP contribution in [0.25, 0.3) is 0 Å². The molecule has 10 nitrogen and oxygen atoms in total. The van der Waals surface area contributed by atoms with Gasteiger partial charge in [0.05, 0.1) is 22.8 Å². The molecule has 0 spiro atoms. The summed E-state index contributed by atoms with van der Waals surface area (Å²) in [5, 5.41) is 2.81. The summed E-state index contributed by atoms with van der Waals surface area (Å²) in [5.41, 5.74) is 0.465. The summed E-state index contributed by atoms with van der Waals surface area (Å²) >= 11 is 0. The summed E-state index contributed by atoms with van der Waals surface area (Å²) in [5.74, 6) is -0.243. The first-order chi connectivity index (χ1) is 17.1. The van der Waals surface area contributed by atoms with Crippen LogP contribution in [0.3, 0.4) is 0 Å². The molecule has 2 fully saturated rings. The molecule has 0 saturated carbocycles. The van der Waals surface area contributed by atoms with Crippen LogP contribution in [-0.4, -0.2) is 89.7 Å². The number of anilines is 1. The third-order valence-corrected chi connectivity index (χ3v) is 10.5. The van der Waals surface area contributed by atoms with E-state index in [-0.39, 0.29) is 22.2 Å². The van der Waals surface area contributed by atoms with Gasteiger partial charge in [0, 0.05) is 45.0 Å². The summed E-state index contributed by atoms with van der Waals surface area (Å²) < 4.78 is 59.9. The highest BCUT2D eigenvalue weighted by Gasteiger charge is 2.33. The molecule has 2 aromatic carbocycles. The number of benzene rings is 2. The highest BCUT2D eigenvalue weighted by molar-refractivity contribution is 7.89. The number of hydrogen-bond donors (Lipinski definition) is 1. The van der Waals surface area contributed by atoms with Crippen molar-refractivity contribution in [1.82, 2.24) is 13.5 Å². The summed E-state index contributed by atoms with van der Waals surface area (Å²) in [7, 11) is -3.86. The van der Waals surface area contributed by atoms with E-state index in [4.69, 9.17) is 4.74 Å². The molecule has 0 aromatic heterocycles. The molecule has 2 aliphatic rings. The fourth-order valence-electron chi connectivity index (χ4n) is 4.40. The smallest absolute Gasteiger partial charge is 0.243 e. The minimum atomic E-state index is -3.74. The Kier molecular flexibility index (Phi) is 8.00.